The molecule has 4 heterocycles. The Morgan fingerprint density at radius 1 is 0.976 bits per heavy atom. The molecule has 0 amide bonds. The summed E-state index contributed by atoms with van der Waals surface area (Å²) in [5.74, 6) is 1.52. The van der Waals surface area contributed by atoms with Crippen molar-refractivity contribution in [2.45, 2.75) is 56.9 Å². The van der Waals surface area contributed by atoms with Gasteiger partial charge in [-0.25, -0.2) is 13.4 Å². The molecule has 2 saturated heterocycles. The molecule has 11 heteroatoms. The maximum Gasteiger partial charge on any atom is 0.318 e. The molecule has 1 aliphatic carbocycles. The van der Waals surface area contributed by atoms with E-state index in [1.165, 1.54) is 5.69 Å². The predicted molar refractivity (Wildman–Crippen MR) is 162 cm³/mol. The standard InChI is InChI=1S/C31H40N6O4S/c1-23-20-27(40-3)21-24(2)29(23)42(38,39)37(26-4-5-26)18-19-41-30-33-14-8-28(34-30)36-17-11-31(22-36)9-15-35(16-10-31)25-6-12-32-13-7-25/h6-8,12-14,20-21,26H,4-5,9-11,15-19,22H2,1-3H3. The van der Waals surface area contributed by atoms with E-state index in [1.54, 1.807) is 29.7 Å². The molecule has 10 nitrogen and oxygen atoms in total. The van der Waals surface area contributed by atoms with Crippen molar-refractivity contribution >= 4 is 21.5 Å². The van der Waals surface area contributed by atoms with Gasteiger partial charge in [0, 0.05) is 63.0 Å². The summed E-state index contributed by atoms with van der Waals surface area (Å²) >= 11 is 0. The summed E-state index contributed by atoms with van der Waals surface area (Å²) in [5.41, 5.74) is 2.91. The van der Waals surface area contributed by atoms with Gasteiger partial charge in [-0.1, -0.05) is 0 Å². The molecule has 3 aromatic rings. The van der Waals surface area contributed by atoms with E-state index < -0.39 is 10.0 Å². The monoisotopic (exact) mass is 592 g/mol. The van der Waals surface area contributed by atoms with Gasteiger partial charge in [0.2, 0.25) is 10.0 Å². The van der Waals surface area contributed by atoms with E-state index in [2.05, 4.69) is 31.9 Å². The van der Waals surface area contributed by atoms with Gasteiger partial charge in [0.15, 0.2) is 0 Å². The molecule has 3 aliphatic rings. The first-order valence-electron chi connectivity index (χ1n) is 14.8. The maximum atomic E-state index is 13.8. The molecular formula is C31H40N6O4S. The highest BCUT2D eigenvalue weighted by Gasteiger charge is 2.42. The van der Waals surface area contributed by atoms with Gasteiger partial charge in [-0.2, -0.15) is 9.29 Å². The van der Waals surface area contributed by atoms with Crippen LogP contribution < -0.4 is 19.3 Å². The van der Waals surface area contributed by atoms with E-state index in [0.29, 0.717) is 27.2 Å². The average Bonchev–Trinajstić information content (AvgIpc) is 3.75. The fraction of sp³-hybridized carbons (Fsp3) is 0.516. The highest BCUT2D eigenvalue weighted by molar-refractivity contribution is 7.89. The number of hydrogen-bond donors (Lipinski definition) is 0. The van der Waals surface area contributed by atoms with Gasteiger partial charge in [-0.15, -0.1) is 0 Å². The molecule has 0 N–H and O–H groups in total. The minimum atomic E-state index is -3.70. The van der Waals surface area contributed by atoms with Crippen molar-refractivity contribution in [2.75, 3.05) is 56.2 Å². The van der Waals surface area contributed by atoms with Crippen LogP contribution in [0.5, 0.6) is 11.8 Å². The molecule has 42 heavy (non-hydrogen) atoms. The van der Waals surface area contributed by atoms with Gasteiger partial charge in [-0.3, -0.25) is 4.98 Å². The molecule has 0 unspecified atom stereocenters. The summed E-state index contributed by atoms with van der Waals surface area (Å²) in [4.78, 5) is 18.3. The largest absolute Gasteiger partial charge is 0.497 e. The Bertz CT molecular complexity index is 1480. The highest BCUT2D eigenvalue weighted by atomic mass is 32.2. The second kappa shape index (κ2) is 11.7. The molecule has 0 radical (unpaired) electrons. The van der Waals surface area contributed by atoms with E-state index >= 15 is 0 Å². The number of ether oxygens (including phenoxy) is 2. The molecule has 2 aliphatic heterocycles. The van der Waals surface area contributed by atoms with E-state index in [1.807, 2.05) is 32.3 Å². The normalized spacial score (nSPS) is 18.6. The lowest BCUT2D eigenvalue weighted by Gasteiger charge is -2.40. The summed E-state index contributed by atoms with van der Waals surface area (Å²) < 4.78 is 40.4. The van der Waals surface area contributed by atoms with Crippen molar-refractivity contribution < 1.29 is 17.9 Å². The number of pyridine rings is 1. The topological polar surface area (TPSA) is 101 Å². The number of benzene rings is 1. The second-order valence-corrected chi connectivity index (χ2v) is 13.7. The Labute approximate surface area is 248 Å². The smallest absolute Gasteiger partial charge is 0.318 e. The predicted octanol–water partition coefficient (Wildman–Crippen LogP) is 4.23. The Kier molecular flexibility index (Phi) is 7.97. The molecule has 1 aromatic carbocycles. The quantitative estimate of drug-likeness (QED) is 0.342. The number of anilines is 2. The SMILES string of the molecule is COc1cc(C)c(S(=O)(=O)N(CCOc2nccc(N3CCC4(CCN(c5ccncc5)CC4)C3)n2)C2CC2)c(C)c1. The van der Waals surface area contributed by atoms with Crippen molar-refractivity contribution in [3.05, 3.63) is 60.0 Å². The number of hydrogen-bond acceptors (Lipinski definition) is 9. The van der Waals surface area contributed by atoms with Crippen LogP contribution in [0.4, 0.5) is 11.5 Å². The van der Waals surface area contributed by atoms with Crippen LogP contribution in [-0.2, 0) is 10.0 Å². The fourth-order valence-corrected chi connectivity index (χ4v) is 8.64. The molecule has 3 fully saturated rings. The third-order valence-electron chi connectivity index (χ3n) is 8.97. The first kappa shape index (κ1) is 28.7. The lowest BCUT2D eigenvalue weighted by atomic mass is 9.77. The number of sulfonamides is 1. The Morgan fingerprint density at radius 2 is 1.64 bits per heavy atom. The van der Waals surface area contributed by atoms with Gasteiger partial charge in [0.25, 0.3) is 0 Å². The summed E-state index contributed by atoms with van der Waals surface area (Å²) in [5, 5.41) is 0. The summed E-state index contributed by atoms with van der Waals surface area (Å²) in [6.07, 6.45) is 10.6. The third kappa shape index (κ3) is 5.89. The summed E-state index contributed by atoms with van der Waals surface area (Å²) in [6, 6.07) is 9.93. The van der Waals surface area contributed by atoms with E-state index in [-0.39, 0.29) is 25.2 Å². The Hall–Kier alpha value is -3.44. The van der Waals surface area contributed by atoms with Gasteiger partial charge in [-0.05, 0) is 92.8 Å². The van der Waals surface area contributed by atoms with E-state index in [0.717, 1.165) is 64.1 Å². The lowest BCUT2D eigenvalue weighted by Crippen LogP contribution is -2.41. The zero-order chi connectivity index (χ0) is 29.3. The average molecular weight is 593 g/mol. The first-order chi connectivity index (χ1) is 20.3. The van der Waals surface area contributed by atoms with Crippen LogP contribution in [0.2, 0.25) is 0 Å². The maximum absolute atomic E-state index is 13.8. The molecule has 0 bridgehead atoms. The zero-order valence-electron chi connectivity index (χ0n) is 24.7. The van der Waals surface area contributed by atoms with Gasteiger partial charge < -0.3 is 19.3 Å². The van der Waals surface area contributed by atoms with Crippen LogP contribution in [0.1, 0.15) is 43.2 Å². The molecule has 2 aromatic heterocycles. The van der Waals surface area contributed by atoms with E-state index in [9.17, 15) is 8.42 Å². The van der Waals surface area contributed by atoms with Crippen molar-refractivity contribution in [2.24, 2.45) is 5.41 Å². The van der Waals surface area contributed by atoms with Crippen LogP contribution in [0.25, 0.3) is 0 Å². The van der Waals surface area contributed by atoms with Gasteiger partial charge in [0.05, 0.1) is 12.0 Å². The minimum Gasteiger partial charge on any atom is -0.497 e. The van der Waals surface area contributed by atoms with Crippen LogP contribution in [0.3, 0.4) is 0 Å². The number of aromatic nitrogens is 3. The molecule has 6 rings (SSSR count). The molecule has 1 saturated carbocycles. The number of rotatable bonds is 10. The molecule has 1 spiro atoms. The summed E-state index contributed by atoms with van der Waals surface area (Å²) in [7, 11) is -2.11. The number of aryl methyl sites for hydroxylation is 2. The Morgan fingerprint density at radius 3 is 2.29 bits per heavy atom. The van der Waals surface area contributed by atoms with Crippen molar-refractivity contribution in [3.63, 3.8) is 0 Å². The van der Waals surface area contributed by atoms with Crippen LogP contribution in [0.15, 0.2) is 53.8 Å². The number of piperidine rings is 1. The third-order valence-corrected chi connectivity index (χ3v) is 11.2. The van der Waals surface area contributed by atoms with Crippen LogP contribution in [-0.4, -0.2) is 80.2 Å². The lowest BCUT2D eigenvalue weighted by molar-refractivity contribution is 0.249. The minimum absolute atomic E-state index is 0.00230. The fourth-order valence-electron chi connectivity index (χ4n) is 6.55. The zero-order valence-corrected chi connectivity index (χ0v) is 25.5. The second-order valence-electron chi connectivity index (χ2n) is 11.8. The molecule has 224 valence electrons. The first-order valence-corrected chi connectivity index (χ1v) is 16.2. The molecule has 0 atom stereocenters. The Balaban J connectivity index is 1.07. The highest BCUT2D eigenvalue weighted by Crippen LogP contribution is 2.42. The van der Waals surface area contributed by atoms with Crippen LogP contribution in [0, 0.1) is 19.3 Å². The number of nitrogens with zero attached hydrogens (tertiary/aromatic N) is 6. The van der Waals surface area contributed by atoms with Gasteiger partial charge >= 0.3 is 6.01 Å². The van der Waals surface area contributed by atoms with Crippen molar-refractivity contribution in [1.29, 1.82) is 0 Å². The summed E-state index contributed by atoms with van der Waals surface area (Å²) in [6.45, 7) is 8.08. The van der Waals surface area contributed by atoms with Crippen LogP contribution >= 0.6 is 0 Å². The van der Waals surface area contributed by atoms with Crippen molar-refractivity contribution in [1.82, 2.24) is 19.3 Å². The van der Waals surface area contributed by atoms with Gasteiger partial charge in [0.1, 0.15) is 18.2 Å². The molecular weight excluding hydrogens is 552 g/mol. The van der Waals surface area contributed by atoms with Crippen molar-refractivity contribution in [3.8, 4) is 11.8 Å². The van der Waals surface area contributed by atoms with E-state index in [4.69, 9.17) is 14.5 Å². The number of methoxy groups -OCH3 is 1.